The predicted octanol–water partition coefficient (Wildman–Crippen LogP) is 1.30. The quantitative estimate of drug-likeness (QED) is 0.738. The maximum Gasteiger partial charge on any atom is 0.323 e. The summed E-state index contributed by atoms with van der Waals surface area (Å²) < 4.78 is 4.95. The number of urea groups is 1. The Bertz CT molecular complexity index is 454. The normalized spacial score (nSPS) is 32.7. The Hall–Kier alpha value is -1.30. The van der Waals surface area contributed by atoms with E-state index in [0.717, 1.165) is 32.5 Å². The van der Waals surface area contributed by atoms with Crippen LogP contribution in [0.4, 0.5) is 4.79 Å². The molecule has 3 rings (SSSR count). The molecular weight excluding hydrogens is 282 g/mol. The van der Waals surface area contributed by atoms with Crippen LogP contribution >= 0.6 is 0 Å². The van der Waals surface area contributed by atoms with Crippen molar-refractivity contribution < 1.29 is 14.3 Å². The standard InChI is InChI=1S/C16H27N3O3/c1-11(2)18-10-13(8-14(18)15(20)22-3)19-9-12-6-4-5-7-17(12)16(19)21/h11-14H,4-10H2,1-3H3/t12-,13+,14-/m0/s1. The summed E-state index contributed by atoms with van der Waals surface area (Å²) in [6.07, 6.45) is 4.14. The number of amides is 2. The summed E-state index contributed by atoms with van der Waals surface area (Å²) >= 11 is 0. The third-order valence-corrected chi connectivity index (χ3v) is 5.42. The highest BCUT2D eigenvalue weighted by molar-refractivity contribution is 5.79. The minimum atomic E-state index is -0.222. The molecule has 0 N–H and O–H groups in total. The van der Waals surface area contributed by atoms with Gasteiger partial charge >= 0.3 is 12.0 Å². The van der Waals surface area contributed by atoms with Gasteiger partial charge in [0.25, 0.3) is 0 Å². The minimum Gasteiger partial charge on any atom is -0.468 e. The summed E-state index contributed by atoms with van der Waals surface area (Å²) in [5.41, 5.74) is 0. The van der Waals surface area contributed by atoms with Crippen molar-refractivity contribution in [1.29, 1.82) is 0 Å². The molecule has 0 bridgehead atoms. The molecule has 6 nitrogen and oxygen atoms in total. The van der Waals surface area contributed by atoms with E-state index >= 15 is 0 Å². The Morgan fingerprint density at radius 2 is 1.95 bits per heavy atom. The van der Waals surface area contributed by atoms with Crippen molar-refractivity contribution in [3.8, 4) is 0 Å². The molecule has 0 saturated carbocycles. The first-order chi connectivity index (χ1) is 10.5. The number of carbonyl (C=O) groups excluding carboxylic acids is 2. The second kappa shape index (κ2) is 6.07. The molecule has 6 heteroatoms. The third-order valence-electron chi connectivity index (χ3n) is 5.42. The van der Waals surface area contributed by atoms with Crippen molar-refractivity contribution in [2.75, 3.05) is 26.7 Å². The maximum atomic E-state index is 12.7. The van der Waals surface area contributed by atoms with Crippen LogP contribution in [0, 0.1) is 0 Å². The number of nitrogens with zero attached hydrogens (tertiary/aromatic N) is 3. The Kier molecular flexibility index (Phi) is 4.30. The van der Waals surface area contributed by atoms with Crippen LogP contribution in [0.5, 0.6) is 0 Å². The van der Waals surface area contributed by atoms with Crippen molar-refractivity contribution in [1.82, 2.24) is 14.7 Å². The minimum absolute atomic E-state index is 0.129. The van der Waals surface area contributed by atoms with E-state index in [-0.39, 0.29) is 30.1 Å². The van der Waals surface area contributed by atoms with Gasteiger partial charge in [-0.15, -0.1) is 0 Å². The van der Waals surface area contributed by atoms with E-state index in [4.69, 9.17) is 4.74 Å². The number of piperidine rings is 1. The van der Waals surface area contributed by atoms with Gasteiger partial charge in [0.15, 0.2) is 0 Å². The van der Waals surface area contributed by atoms with Gasteiger partial charge in [0.2, 0.25) is 0 Å². The van der Waals surface area contributed by atoms with Gasteiger partial charge in [-0.25, -0.2) is 4.79 Å². The zero-order valence-electron chi connectivity index (χ0n) is 13.8. The van der Waals surface area contributed by atoms with Crippen molar-refractivity contribution in [2.24, 2.45) is 0 Å². The summed E-state index contributed by atoms with van der Waals surface area (Å²) in [7, 11) is 1.44. The number of ether oxygens (including phenoxy) is 1. The van der Waals surface area contributed by atoms with Crippen LogP contribution in [-0.4, -0.2) is 77.6 Å². The van der Waals surface area contributed by atoms with E-state index in [2.05, 4.69) is 18.7 Å². The number of likely N-dealkylation sites (tertiary alicyclic amines) is 1. The van der Waals surface area contributed by atoms with Crippen molar-refractivity contribution >= 4 is 12.0 Å². The number of methoxy groups -OCH3 is 1. The van der Waals surface area contributed by atoms with Crippen LogP contribution in [0.1, 0.15) is 39.5 Å². The van der Waals surface area contributed by atoms with Crippen LogP contribution in [-0.2, 0) is 9.53 Å². The fraction of sp³-hybridized carbons (Fsp3) is 0.875. The molecule has 3 atom stereocenters. The fourth-order valence-corrected chi connectivity index (χ4v) is 4.22. The molecule has 0 unspecified atom stereocenters. The first kappa shape index (κ1) is 15.6. The monoisotopic (exact) mass is 309 g/mol. The molecule has 0 spiro atoms. The summed E-state index contributed by atoms with van der Waals surface area (Å²) in [6, 6.07) is 0.731. The molecular formula is C16H27N3O3. The predicted molar refractivity (Wildman–Crippen MR) is 82.5 cm³/mol. The molecule has 0 aromatic carbocycles. The zero-order valence-corrected chi connectivity index (χ0v) is 13.8. The molecule has 3 saturated heterocycles. The molecule has 3 aliphatic heterocycles. The molecule has 3 fully saturated rings. The van der Waals surface area contributed by atoms with E-state index in [0.29, 0.717) is 12.5 Å². The van der Waals surface area contributed by atoms with Crippen molar-refractivity contribution in [3.63, 3.8) is 0 Å². The molecule has 3 aliphatic rings. The number of hydrogen-bond donors (Lipinski definition) is 0. The number of fused-ring (bicyclic) bond motifs is 1. The van der Waals surface area contributed by atoms with Crippen LogP contribution in [0.2, 0.25) is 0 Å². The summed E-state index contributed by atoms with van der Waals surface area (Å²) in [5.74, 6) is -0.180. The summed E-state index contributed by atoms with van der Waals surface area (Å²) in [6.45, 7) is 6.66. The second-order valence-corrected chi connectivity index (χ2v) is 7.00. The highest BCUT2D eigenvalue weighted by Crippen LogP contribution is 2.32. The molecule has 0 aromatic heterocycles. The van der Waals surface area contributed by atoms with Gasteiger partial charge in [-0.05, 0) is 39.5 Å². The van der Waals surface area contributed by atoms with Crippen LogP contribution in [0.3, 0.4) is 0 Å². The number of carbonyl (C=O) groups is 2. The molecule has 0 radical (unpaired) electrons. The fourth-order valence-electron chi connectivity index (χ4n) is 4.22. The molecule has 0 aliphatic carbocycles. The van der Waals surface area contributed by atoms with Crippen LogP contribution in [0.15, 0.2) is 0 Å². The lowest BCUT2D eigenvalue weighted by molar-refractivity contribution is -0.146. The van der Waals surface area contributed by atoms with Gasteiger partial charge < -0.3 is 14.5 Å². The van der Waals surface area contributed by atoms with Gasteiger partial charge in [-0.1, -0.05) is 0 Å². The smallest absolute Gasteiger partial charge is 0.323 e. The lowest BCUT2D eigenvalue weighted by atomic mass is 10.0. The topological polar surface area (TPSA) is 53.1 Å². The Morgan fingerprint density at radius 1 is 1.18 bits per heavy atom. The van der Waals surface area contributed by atoms with E-state index in [9.17, 15) is 9.59 Å². The molecule has 3 heterocycles. The van der Waals surface area contributed by atoms with Crippen LogP contribution < -0.4 is 0 Å². The van der Waals surface area contributed by atoms with E-state index < -0.39 is 0 Å². The van der Waals surface area contributed by atoms with Gasteiger partial charge in [-0.3, -0.25) is 9.69 Å². The van der Waals surface area contributed by atoms with Gasteiger partial charge in [0, 0.05) is 31.7 Å². The molecule has 0 aromatic rings. The maximum absolute atomic E-state index is 12.7. The Balaban J connectivity index is 1.73. The number of rotatable bonds is 3. The number of esters is 1. The van der Waals surface area contributed by atoms with Crippen molar-refractivity contribution in [3.05, 3.63) is 0 Å². The zero-order chi connectivity index (χ0) is 15.9. The van der Waals surface area contributed by atoms with Gasteiger partial charge in [0.05, 0.1) is 13.2 Å². The third kappa shape index (κ3) is 2.57. The largest absolute Gasteiger partial charge is 0.468 e. The molecule has 124 valence electrons. The first-order valence-corrected chi connectivity index (χ1v) is 8.43. The van der Waals surface area contributed by atoms with Crippen molar-refractivity contribution in [2.45, 2.75) is 63.7 Å². The Morgan fingerprint density at radius 3 is 2.59 bits per heavy atom. The van der Waals surface area contributed by atoms with E-state index in [1.807, 2.05) is 9.80 Å². The van der Waals surface area contributed by atoms with E-state index in [1.54, 1.807) is 0 Å². The highest BCUT2D eigenvalue weighted by Gasteiger charge is 2.47. The van der Waals surface area contributed by atoms with Gasteiger partial charge in [0.1, 0.15) is 6.04 Å². The highest BCUT2D eigenvalue weighted by atomic mass is 16.5. The molecule has 22 heavy (non-hydrogen) atoms. The average Bonchev–Trinajstić information content (AvgIpc) is 3.09. The van der Waals surface area contributed by atoms with Crippen LogP contribution in [0.25, 0.3) is 0 Å². The van der Waals surface area contributed by atoms with E-state index in [1.165, 1.54) is 13.5 Å². The lowest BCUT2D eigenvalue weighted by Crippen LogP contribution is -2.43. The lowest BCUT2D eigenvalue weighted by Gasteiger charge is -2.28. The number of hydrogen-bond acceptors (Lipinski definition) is 4. The summed E-state index contributed by atoms with van der Waals surface area (Å²) in [4.78, 5) is 30.9. The molecule has 2 amide bonds. The Labute approximate surface area is 132 Å². The SMILES string of the molecule is COC(=O)[C@@H]1C[C@@H](N2C[C@@H]3CCCCN3C2=O)CN1C(C)C. The first-order valence-electron chi connectivity index (χ1n) is 8.43. The average molecular weight is 309 g/mol. The second-order valence-electron chi connectivity index (χ2n) is 7.00. The summed E-state index contributed by atoms with van der Waals surface area (Å²) in [5, 5.41) is 0. The van der Waals surface area contributed by atoms with Gasteiger partial charge in [-0.2, -0.15) is 0 Å².